The number of primary amides is 1. The SMILES string of the molecule is CC(C)CC(CC(=O)NO)C(=O)N[C@@H](CS)C(=O)NCC(=O)NCC(=O)NCC(=O)N[C@@H](CCCCNC(=O)CCCC[C@@H]1SC[C@@H]2NC(=O)N[C@@H]21)C(N)=O. The van der Waals surface area contributed by atoms with Gasteiger partial charge in [-0.15, -0.1) is 0 Å². The van der Waals surface area contributed by atoms with Crippen molar-refractivity contribution < 1.29 is 48.4 Å². The van der Waals surface area contributed by atoms with Crippen LogP contribution in [-0.2, 0) is 38.4 Å². The summed E-state index contributed by atoms with van der Waals surface area (Å²) in [5.41, 5.74) is 6.90. The largest absolute Gasteiger partial charge is 0.368 e. The molecule has 310 valence electrons. The molecule has 1 unspecified atom stereocenters. The zero-order valence-electron chi connectivity index (χ0n) is 31.2. The van der Waals surface area contributed by atoms with Crippen LogP contribution >= 0.6 is 24.4 Å². The van der Waals surface area contributed by atoms with E-state index < -0.39 is 79.0 Å². The Kier molecular flexibility index (Phi) is 21.3. The number of fused-ring (bicyclic) bond motifs is 1. The van der Waals surface area contributed by atoms with Crippen molar-refractivity contribution in [3.8, 4) is 0 Å². The Morgan fingerprint density at radius 3 is 2.13 bits per heavy atom. The van der Waals surface area contributed by atoms with Gasteiger partial charge in [-0.1, -0.05) is 20.3 Å². The first kappa shape index (κ1) is 46.8. The number of nitrogens with two attached hydrogens (primary N) is 1. The molecular formula is C33H56N10O10S2. The second kappa shape index (κ2) is 25.0. The molecule has 0 saturated carbocycles. The van der Waals surface area contributed by atoms with Crippen molar-refractivity contribution in [1.82, 2.24) is 48.0 Å². The Morgan fingerprint density at radius 1 is 0.818 bits per heavy atom. The molecule has 6 atom stereocenters. The van der Waals surface area contributed by atoms with E-state index in [1.807, 2.05) is 25.6 Å². The number of rotatable bonds is 26. The molecule has 10 amide bonds. The van der Waals surface area contributed by atoms with Gasteiger partial charge in [0.2, 0.25) is 47.3 Å². The number of nitrogens with one attached hydrogen (secondary N) is 9. The summed E-state index contributed by atoms with van der Waals surface area (Å²) in [5, 5.41) is 29.7. The number of carbonyl (C=O) groups excluding carboxylic acids is 9. The molecule has 0 aromatic carbocycles. The van der Waals surface area contributed by atoms with Crippen LogP contribution in [0.5, 0.6) is 0 Å². The molecule has 2 saturated heterocycles. The number of hydroxylamine groups is 1. The molecule has 2 aliphatic rings. The van der Waals surface area contributed by atoms with Gasteiger partial charge in [0.1, 0.15) is 12.1 Å². The molecule has 2 rings (SSSR count). The molecule has 2 aliphatic heterocycles. The average Bonchev–Trinajstić information content (AvgIpc) is 3.70. The Hall–Kier alpha value is -4.31. The smallest absolute Gasteiger partial charge is 0.315 e. The van der Waals surface area contributed by atoms with Gasteiger partial charge in [-0.05, 0) is 44.4 Å². The summed E-state index contributed by atoms with van der Waals surface area (Å²) in [6, 6.07) is -1.94. The maximum Gasteiger partial charge on any atom is 0.315 e. The number of amides is 10. The zero-order chi connectivity index (χ0) is 40.9. The Morgan fingerprint density at radius 2 is 1.49 bits per heavy atom. The maximum absolute atomic E-state index is 12.7. The fourth-order valence-electron chi connectivity index (χ4n) is 5.97. The van der Waals surface area contributed by atoms with Crippen molar-refractivity contribution in [3.63, 3.8) is 0 Å². The van der Waals surface area contributed by atoms with Crippen molar-refractivity contribution in [2.75, 3.05) is 37.7 Å². The van der Waals surface area contributed by atoms with Crippen LogP contribution in [0.1, 0.15) is 71.6 Å². The quantitative estimate of drug-likeness (QED) is 0.0140. The number of thiol groups is 1. The van der Waals surface area contributed by atoms with Gasteiger partial charge in [0.05, 0.1) is 31.7 Å². The maximum atomic E-state index is 12.7. The van der Waals surface area contributed by atoms with E-state index in [1.165, 1.54) is 5.48 Å². The number of urea groups is 1. The van der Waals surface area contributed by atoms with Crippen LogP contribution in [0.15, 0.2) is 0 Å². The third kappa shape index (κ3) is 18.3. The second-order valence-electron chi connectivity index (χ2n) is 13.8. The molecule has 20 nitrogen and oxygen atoms in total. The van der Waals surface area contributed by atoms with Crippen LogP contribution < -0.4 is 53.7 Å². The van der Waals surface area contributed by atoms with Gasteiger partial charge in [-0.25, -0.2) is 10.3 Å². The standard InChI is InChI=1S/C33H56N10O10S2/c1-18(2)11-19(12-25(45)43-53)31(50)40-21(16-54)32(51)38-14-27(47)36-13-26(46)37-15-28(48)39-20(30(34)49)7-5-6-10-35-24(44)9-4-3-8-23-29-22(17-55-23)41-33(52)42-29/h18-23,29,53-54H,3-17H2,1-2H3,(H2,34,49)(H,35,44)(H,36,47)(H,37,46)(H,38,51)(H,39,48)(H,40,50)(H,43,45)(H2,41,42,52)/t19?,20-,21-,22-,23-,29-/m0/s1. The summed E-state index contributed by atoms with van der Waals surface area (Å²) in [7, 11) is 0. The van der Waals surface area contributed by atoms with Gasteiger partial charge >= 0.3 is 6.03 Å². The van der Waals surface area contributed by atoms with Crippen molar-refractivity contribution in [2.45, 2.75) is 101 Å². The minimum atomic E-state index is -1.14. The van der Waals surface area contributed by atoms with Crippen LogP contribution in [0.25, 0.3) is 0 Å². The summed E-state index contributed by atoms with van der Waals surface area (Å²) in [6.45, 7) is 2.51. The van der Waals surface area contributed by atoms with E-state index in [0.29, 0.717) is 37.5 Å². The summed E-state index contributed by atoms with van der Waals surface area (Å²) in [6.07, 6.45) is 4.17. The number of thioether (sulfide) groups is 1. The first-order valence-corrected chi connectivity index (χ1v) is 20.0. The van der Waals surface area contributed by atoms with Crippen molar-refractivity contribution in [1.29, 1.82) is 0 Å². The van der Waals surface area contributed by atoms with E-state index >= 15 is 0 Å². The van der Waals surface area contributed by atoms with Crippen molar-refractivity contribution in [2.24, 2.45) is 17.6 Å². The third-order valence-electron chi connectivity index (χ3n) is 8.82. The minimum absolute atomic E-state index is 0.0386. The van der Waals surface area contributed by atoms with Crippen LogP contribution in [0.3, 0.4) is 0 Å². The Labute approximate surface area is 329 Å². The van der Waals surface area contributed by atoms with Crippen LogP contribution in [0.2, 0.25) is 0 Å². The molecule has 0 spiro atoms. The molecule has 0 aromatic heterocycles. The molecule has 55 heavy (non-hydrogen) atoms. The molecule has 2 fully saturated rings. The molecule has 12 N–H and O–H groups in total. The summed E-state index contributed by atoms with van der Waals surface area (Å²) >= 11 is 5.91. The van der Waals surface area contributed by atoms with Gasteiger partial charge in [0.15, 0.2) is 0 Å². The molecule has 22 heteroatoms. The number of hydrogen-bond acceptors (Lipinski definition) is 12. The van der Waals surface area contributed by atoms with Gasteiger partial charge < -0.3 is 48.3 Å². The fraction of sp³-hybridized carbons (Fsp3) is 0.727. The van der Waals surface area contributed by atoms with Crippen molar-refractivity contribution >= 4 is 77.7 Å². The average molecular weight is 817 g/mol. The normalized spacial score (nSPS) is 18.7. The highest BCUT2D eigenvalue weighted by molar-refractivity contribution is 8.00. The first-order valence-electron chi connectivity index (χ1n) is 18.3. The highest BCUT2D eigenvalue weighted by Gasteiger charge is 2.42. The third-order valence-corrected chi connectivity index (χ3v) is 10.7. The summed E-state index contributed by atoms with van der Waals surface area (Å²) in [4.78, 5) is 109. The monoisotopic (exact) mass is 816 g/mol. The predicted octanol–water partition coefficient (Wildman–Crippen LogP) is -2.71. The highest BCUT2D eigenvalue weighted by Crippen LogP contribution is 2.33. The number of unbranched alkanes of at least 4 members (excludes halogenated alkanes) is 2. The summed E-state index contributed by atoms with van der Waals surface area (Å²) in [5.74, 6) is -5.10. The highest BCUT2D eigenvalue weighted by atomic mass is 32.2. The van der Waals surface area contributed by atoms with Crippen LogP contribution in [0, 0.1) is 11.8 Å². The fourth-order valence-corrected chi connectivity index (χ4v) is 7.77. The van der Waals surface area contributed by atoms with Gasteiger partial charge in [-0.2, -0.15) is 24.4 Å². The lowest BCUT2D eigenvalue weighted by atomic mass is 9.93. The topological polar surface area (TPSA) is 308 Å². The van der Waals surface area contributed by atoms with Crippen LogP contribution in [-0.4, -0.2) is 126 Å². The van der Waals surface area contributed by atoms with Gasteiger partial charge in [0, 0.05) is 42.1 Å². The molecule has 2 heterocycles. The van der Waals surface area contributed by atoms with E-state index in [4.69, 9.17) is 10.9 Å². The zero-order valence-corrected chi connectivity index (χ0v) is 32.9. The van der Waals surface area contributed by atoms with E-state index in [0.717, 1.165) is 25.0 Å². The molecule has 0 radical (unpaired) electrons. The molecular weight excluding hydrogens is 761 g/mol. The number of carbonyl (C=O) groups is 9. The minimum Gasteiger partial charge on any atom is -0.368 e. The lowest BCUT2D eigenvalue weighted by molar-refractivity contribution is -0.136. The Balaban J connectivity index is 1.58. The lowest BCUT2D eigenvalue weighted by Crippen LogP contribution is -2.52. The van der Waals surface area contributed by atoms with E-state index in [2.05, 4.69) is 55.2 Å². The number of hydrogen-bond donors (Lipinski definition) is 12. The van der Waals surface area contributed by atoms with E-state index in [9.17, 15) is 43.2 Å². The molecule has 0 bridgehead atoms. The lowest BCUT2D eigenvalue weighted by Gasteiger charge is -2.22. The first-order chi connectivity index (χ1) is 26.1. The molecule has 0 aliphatic carbocycles. The van der Waals surface area contributed by atoms with E-state index in [-0.39, 0.29) is 48.5 Å². The second-order valence-corrected chi connectivity index (χ2v) is 15.5. The summed E-state index contributed by atoms with van der Waals surface area (Å²) < 4.78 is 0. The van der Waals surface area contributed by atoms with Gasteiger partial charge in [0.25, 0.3) is 0 Å². The predicted molar refractivity (Wildman–Crippen MR) is 204 cm³/mol. The molecule has 0 aromatic rings. The van der Waals surface area contributed by atoms with Gasteiger partial charge in [-0.3, -0.25) is 43.6 Å². The van der Waals surface area contributed by atoms with Crippen molar-refractivity contribution in [3.05, 3.63) is 0 Å². The Bertz CT molecular complexity index is 1370. The van der Waals surface area contributed by atoms with Crippen LogP contribution in [0.4, 0.5) is 4.79 Å². The van der Waals surface area contributed by atoms with E-state index in [1.54, 1.807) is 0 Å².